The first-order valence-electron chi connectivity index (χ1n) is 9.13. The Morgan fingerprint density at radius 3 is 2.35 bits per heavy atom. The van der Waals surface area contributed by atoms with E-state index in [-0.39, 0.29) is 22.2 Å². The number of amides is 1. The molecule has 7 nitrogen and oxygen atoms in total. The van der Waals surface area contributed by atoms with Gasteiger partial charge in [-0.05, 0) is 62.4 Å². The molecule has 31 heavy (non-hydrogen) atoms. The lowest BCUT2D eigenvalue weighted by molar-refractivity contribution is -0.142. The highest BCUT2D eigenvalue weighted by atomic mass is 32.2. The van der Waals surface area contributed by atoms with Gasteiger partial charge < -0.3 is 5.32 Å². The van der Waals surface area contributed by atoms with Gasteiger partial charge in [-0.3, -0.25) is 4.79 Å². The number of aromatic nitrogens is 2. The molecule has 0 atom stereocenters. The van der Waals surface area contributed by atoms with Crippen LogP contribution in [0.1, 0.15) is 29.9 Å². The summed E-state index contributed by atoms with van der Waals surface area (Å²) in [6, 6.07) is 11.7. The summed E-state index contributed by atoms with van der Waals surface area (Å²) in [5.41, 5.74) is -0.314. The van der Waals surface area contributed by atoms with E-state index < -0.39 is 27.8 Å². The molecule has 0 aliphatic heterocycles. The Labute approximate surface area is 176 Å². The standard InChI is InChI=1S/C20H19F3N4O3S/c1-13(2)26-31(29,30)17-5-3-4-14(12-17)19(28)25-15-6-8-16(9-7-15)27-18(10-11-24-27)20(21,22)23/h3-13,26H,1-2H3,(H,25,28). The topological polar surface area (TPSA) is 93.1 Å². The molecule has 0 bridgehead atoms. The van der Waals surface area contributed by atoms with Crippen LogP contribution in [-0.2, 0) is 16.2 Å². The summed E-state index contributed by atoms with van der Waals surface area (Å²) < 4.78 is 66.9. The molecule has 0 saturated heterocycles. The minimum atomic E-state index is -4.56. The second-order valence-electron chi connectivity index (χ2n) is 6.93. The molecule has 11 heteroatoms. The van der Waals surface area contributed by atoms with Crippen molar-refractivity contribution in [2.24, 2.45) is 0 Å². The van der Waals surface area contributed by atoms with Gasteiger partial charge in [-0.2, -0.15) is 18.3 Å². The molecule has 0 aliphatic carbocycles. The van der Waals surface area contributed by atoms with E-state index in [1.165, 1.54) is 48.5 Å². The number of nitrogens with one attached hydrogen (secondary N) is 2. The fraction of sp³-hybridized carbons (Fsp3) is 0.200. The normalized spacial score (nSPS) is 12.2. The van der Waals surface area contributed by atoms with Gasteiger partial charge in [0.15, 0.2) is 0 Å². The molecule has 0 spiro atoms. The lowest BCUT2D eigenvalue weighted by Crippen LogP contribution is -2.30. The van der Waals surface area contributed by atoms with E-state index in [1.807, 2.05) is 0 Å². The number of sulfonamides is 1. The summed E-state index contributed by atoms with van der Waals surface area (Å²) in [5, 5.41) is 6.28. The Bertz CT molecular complexity index is 1190. The van der Waals surface area contributed by atoms with Crippen LogP contribution in [-0.4, -0.2) is 30.1 Å². The van der Waals surface area contributed by atoms with Crippen molar-refractivity contribution in [2.75, 3.05) is 5.32 Å². The molecule has 2 N–H and O–H groups in total. The van der Waals surface area contributed by atoms with Crippen LogP contribution in [0.4, 0.5) is 18.9 Å². The third-order valence-corrected chi connectivity index (χ3v) is 5.76. The predicted octanol–water partition coefficient (Wildman–Crippen LogP) is 3.83. The van der Waals surface area contributed by atoms with Crippen molar-refractivity contribution < 1.29 is 26.4 Å². The van der Waals surface area contributed by atoms with E-state index in [0.717, 1.165) is 16.9 Å². The maximum absolute atomic E-state index is 13.0. The zero-order valence-corrected chi connectivity index (χ0v) is 17.3. The summed E-state index contributed by atoms with van der Waals surface area (Å²) in [6.07, 6.45) is -3.51. The Hall–Kier alpha value is -3.18. The summed E-state index contributed by atoms with van der Waals surface area (Å²) in [6.45, 7) is 3.36. The number of alkyl halides is 3. The van der Waals surface area contributed by atoms with Crippen molar-refractivity contribution in [1.29, 1.82) is 0 Å². The third-order valence-electron chi connectivity index (χ3n) is 4.10. The Morgan fingerprint density at radius 1 is 1.06 bits per heavy atom. The number of benzene rings is 2. The van der Waals surface area contributed by atoms with Crippen LogP contribution in [0.3, 0.4) is 0 Å². The minimum absolute atomic E-state index is 0.0532. The monoisotopic (exact) mass is 452 g/mol. The first-order chi connectivity index (χ1) is 14.5. The van der Waals surface area contributed by atoms with E-state index in [2.05, 4.69) is 15.1 Å². The van der Waals surface area contributed by atoms with Crippen molar-refractivity contribution in [3.63, 3.8) is 0 Å². The van der Waals surface area contributed by atoms with Crippen LogP contribution >= 0.6 is 0 Å². The molecule has 0 radical (unpaired) electrons. The SMILES string of the molecule is CC(C)NS(=O)(=O)c1cccc(C(=O)Nc2ccc(-n3nccc3C(F)(F)F)cc2)c1. The molecule has 3 aromatic rings. The molecule has 1 heterocycles. The van der Waals surface area contributed by atoms with E-state index in [9.17, 15) is 26.4 Å². The Morgan fingerprint density at radius 2 is 1.74 bits per heavy atom. The van der Waals surface area contributed by atoms with Gasteiger partial charge in [-0.25, -0.2) is 17.8 Å². The summed E-state index contributed by atoms with van der Waals surface area (Å²) in [7, 11) is -3.77. The van der Waals surface area contributed by atoms with Gasteiger partial charge in [0.05, 0.1) is 16.8 Å². The van der Waals surface area contributed by atoms with Crippen molar-refractivity contribution in [1.82, 2.24) is 14.5 Å². The molecule has 0 aliphatic rings. The molecule has 2 aromatic carbocycles. The Kier molecular flexibility index (Phi) is 6.18. The molecule has 164 valence electrons. The maximum Gasteiger partial charge on any atom is 0.433 e. The molecule has 0 fully saturated rings. The van der Waals surface area contributed by atoms with Crippen molar-refractivity contribution in [3.8, 4) is 5.69 Å². The highest BCUT2D eigenvalue weighted by Crippen LogP contribution is 2.30. The van der Waals surface area contributed by atoms with Gasteiger partial charge in [0.25, 0.3) is 5.91 Å². The average Bonchev–Trinajstić information content (AvgIpc) is 3.18. The van der Waals surface area contributed by atoms with E-state index in [4.69, 9.17) is 0 Å². The number of carbonyl (C=O) groups is 1. The molecule has 1 aromatic heterocycles. The number of hydrogen-bond acceptors (Lipinski definition) is 4. The zero-order valence-electron chi connectivity index (χ0n) is 16.5. The number of hydrogen-bond donors (Lipinski definition) is 2. The highest BCUT2D eigenvalue weighted by Gasteiger charge is 2.35. The van der Waals surface area contributed by atoms with Gasteiger partial charge in [0.1, 0.15) is 5.69 Å². The van der Waals surface area contributed by atoms with E-state index in [1.54, 1.807) is 13.8 Å². The number of rotatable bonds is 6. The van der Waals surface area contributed by atoms with Crippen molar-refractivity contribution in [3.05, 3.63) is 72.1 Å². The van der Waals surface area contributed by atoms with Gasteiger partial charge in [-0.1, -0.05) is 6.07 Å². The van der Waals surface area contributed by atoms with Gasteiger partial charge in [0.2, 0.25) is 10.0 Å². The predicted molar refractivity (Wildman–Crippen MR) is 108 cm³/mol. The van der Waals surface area contributed by atoms with Gasteiger partial charge in [0, 0.05) is 17.3 Å². The maximum atomic E-state index is 13.0. The molecular weight excluding hydrogens is 433 g/mol. The quantitative estimate of drug-likeness (QED) is 0.595. The second-order valence-corrected chi connectivity index (χ2v) is 8.64. The lowest BCUT2D eigenvalue weighted by Gasteiger charge is -2.12. The molecule has 3 rings (SSSR count). The summed E-state index contributed by atoms with van der Waals surface area (Å²) in [4.78, 5) is 12.5. The average molecular weight is 452 g/mol. The smallest absolute Gasteiger partial charge is 0.322 e. The third kappa shape index (κ3) is 5.30. The number of anilines is 1. The lowest BCUT2D eigenvalue weighted by atomic mass is 10.2. The number of nitrogens with zero attached hydrogens (tertiary/aromatic N) is 2. The number of halogens is 3. The van der Waals surface area contributed by atoms with Crippen LogP contribution in [0, 0.1) is 0 Å². The summed E-state index contributed by atoms with van der Waals surface area (Å²) in [5.74, 6) is -0.565. The van der Waals surface area contributed by atoms with Crippen LogP contribution in [0.5, 0.6) is 0 Å². The van der Waals surface area contributed by atoms with Crippen molar-refractivity contribution in [2.45, 2.75) is 31.0 Å². The first-order valence-corrected chi connectivity index (χ1v) is 10.6. The minimum Gasteiger partial charge on any atom is -0.322 e. The van der Waals surface area contributed by atoms with E-state index >= 15 is 0 Å². The highest BCUT2D eigenvalue weighted by molar-refractivity contribution is 7.89. The molecule has 0 saturated carbocycles. The van der Waals surface area contributed by atoms with E-state index in [0.29, 0.717) is 5.69 Å². The van der Waals surface area contributed by atoms with Crippen LogP contribution in [0.25, 0.3) is 5.69 Å². The fourth-order valence-electron chi connectivity index (χ4n) is 2.80. The van der Waals surface area contributed by atoms with Crippen LogP contribution < -0.4 is 10.0 Å². The Balaban J connectivity index is 1.78. The zero-order chi connectivity index (χ0) is 22.8. The molecular formula is C20H19F3N4O3S. The first kappa shape index (κ1) is 22.5. The number of carbonyl (C=O) groups excluding carboxylic acids is 1. The largest absolute Gasteiger partial charge is 0.433 e. The molecule has 0 unspecified atom stereocenters. The van der Waals surface area contributed by atoms with Gasteiger partial charge in [-0.15, -0.1) is 0 Å². The second kappa shape index (κ2) is 8.52. The van der Waals surface area contributed by atoms with Gasteiger partial charge >= 0.3 is 6.18 Å². The van der Waals surface area contributed by atoms with Crippen molar-refractivity contribution >= 4 is 21.6 Å². The van der Waals surface area contributed by atoms with Crippen LogP contribution in [0.2, 0.25) is 0 Å². The van der Waals surface area contributed by atoms with Crippen LogP contribution in [0.15, 0.2) is 65.7 Å². The molecule has 1 amide bonds. The summed E-state index contributed by atoms with van der Waals surface area (Å²) >= 11 is 0. The fourth-order valence-corrected chi connectivity index (χ4v) is 4.09.